The molecule has 1 saturated heterocycles. The lowest BCUT2D eigenvalue weighted by Crippen LogP contribution is -2.40. The summed E-state index contributed by atoms with van der Waals surface area (Å²) >= 11 is 0. The van der Waals surface area contributed by atoms with Crippen LogP contribution in [0.15, 0.2) is 12.3 Å². The first kappa shape index (κ1) is 14.8. The standard InChI is InChI=1S/C13H23N5O2/c1-16(2)8-9-17-7-5-12(15-17)14-13(20)18-6-3-4-11(18)10-19/h5,7,11,19H,3-4,6,8-10H2,1-2H3,(H,14,15,20)/t11-/m0/s1. The molecule has 0 spiro atoms. The number of aliphatic hydroxyl groups is 1. The van der Waals surface area contributed by atoms with Gasteiger partial charge < -0.3 is 14.9 Å². The number of hydrogen-bond donors (Lipinski definition) is 2. The normalized spacial score (nSPS) is 18.8. The van der Waals surface area contributed by atoms with Crippen molar-refractivity contribution in [3.05, 3.63) is 12.3 Å². The van der Waals surface area contributed by atoms with Crippen molar-refractivity contribution in [1.29, 1.82) is 0 Å². The van der Waals surface area contributed by atoms with Crippen LogP contribution in [0, 0.1) is 0 Å². The van der Waals surface area contributed by atoms with Crippen LogP contribution >= 0.6 is 0 Å². The third-order valence-corrected chi connectivity index (χ3v) is 3.50. The van der Waals surface area contributed by atoms with Crippen LogP contribution in [0.2, 0.25) is 0 Å². The monoisotopic (exact) mass is 281 g/mol. The molecule has 1 aromatic heterocycles. The molecule has 0 aliphatic carbocycles. The van der Waals surface area contributed by atoms with Crippen LogP contribution in [0.4, 0.5) is 10.6 Å². The third-order valence-electron chi connectivity index (χ3n) is 3.50. The molecule has 1 aliphatic rings. The minimum Gasteiger partial charge on any atom is -0.394 e. The fourth-order valence-electron chi connectivity index (χ4n) is 2.33. The number of aromatic nitrogens is 2. The second-order valence-corrected chi connectivity index (χ2v) is 5.37. The number of nitrogens with one attached hydrogen (secondary N) is 1. The van der Waals surface area contributed by atoms with Gasteiger partial charge in [0.25, 0.3) is 0 Å². The lowest BCUT2D eigenvalue weighted by atomic mass is 10.2. The first-order valence-electron chi connectivity index (χ1n) is 6.97. The smallest absolute Gasteiger partial charge is 0.323 e. The van der Waals surface area contributed by atoms with Crippen LogP contribution in [0.3, 0.4) is 0 Å². The Morgan fingerprint density at radius 2 is 2.40 bits per heavy atom. The molecule has 7 nitrogen and oxygen atoms in total. The van der Waals surface area contributed by atoms with Gasteiger partial charge in [0.1, 0.15) is 0 Å². The Morgan fingerprint density at radius 3 is 3.10 bits per heavy atom. The molecular weight excluding hydrogens is 258 g/mol. The molecule has 1 fully saturated rings. The van der Waals surface area contributed by atoms with E-state index in [0.29, 0.717) is 12.4 Å². The third kappa shape index (κ3) is 3.71. The number of rotatable bonds is 5. The highest BCUT2D eigenvalue weighted by Crippen LogP contribution is 2.17. The van der Waals surface area contributed by atoms with E-state index in [0.717, 1.165) is 25.9 Å². The van der Waals surface area contributed by atoms with Crippen LogP contribution < -0.4 is 5.32 Å². The number of aliphatic hydroxyl groups excluding tert-OH is 1. The molecule has 0 radical (unpaired) electrons. The molecule has 1 atom stereocenters. The molecular formula is C13H23N5O2. The van der Waals surface area contributed by atoms with Gasteiger partial charge in [0.15, 0.2) is 5.82 Å². The molecule has 0 bridgehead atoms. The molecule has 7 heteroatoms. The van der Waals surface area contributed by atoms with E-state index in [2.05, 4.69) is 15.3 Å². The van der Waals surface area contributed by atoms with Crippen molar-refractivity contribution in [2.24, 2.45) is 0 Å². The van der Waals surface area contributed by atoms with Gasteiger partial charge in [-0.3, -0.25) is 10.00 Å². The van der Waals surface area contributed by atoms with E-state index in [-0.39, 0.29) is 18.7 Å². The Morgan fingerprint density at radius 1 is 1.60 bits per heavy atom. The molecule has 2 amide bonds. The lowest BCUT2D eigenvalue weighted by Gasteiger charge is -2.22. The molecule has 0 unspecified atom stereocenters. The van der Waals surface area contributed by atoms with Crippen molar-refractivity contribution < 1.29 is 9.90 Å². The van der Waals surface area contributed by atoms with Crippen molar-refractivity contribution in [2.45, 2.75) is 25.4 Å². The van der Waals surface area contributed by atoms with Crippen LogP contribution in [0.1, 0.15) is 12.8 Å². The number of likely N-dealkylation sites (N-methyl/N-ethyl adjacent to an activating group) is 1. The first-order chi connectivity index (χ1) is 9.60. The number of likely N-dealkylation sites (tertiary alicyclic amines) is 1. The SMILES string of the molecule is CN(C)CCn1ccc(NC(=O)N2CCC[C@H]2CO)n1. The van der Waals surface area contributed by atoms with Crippen LogP contribution in [0.25, 0.3) is 0 Å². The number of urea groups is 1. The molecule has 2 N–H and O–H groups in total. The molecule has 2 rings (SSSR count). The highest BCUT2D eigenvalue weighted by Gasteiger charge is 2.28. The highest BCUT2D eigenvalue weighted by molar-refractivity contribution is 5.88. The molecule has 112 valence electrons. The number of carbonyl (C=O) groups is 1. The van der Waals surface area contributed by atoms with Crippen molar-refractivity contribution in [1.82, 2.24) is 19.6 Å². The largest absolute Gasteiger partial charge is 0.394 e. The van der Waals surface area contributed by atoms with Crippen LogP contribution in [0.5, 0.6) is 0 Å². The quantitative estimate of drug-likeness (QED) is 0.821. The summed E-state index contributed by atoms with van der Waals surface area (Å²) in [7, 11) is 4.02. The summed E-state index contributed by atoms with van der Waals surface area (Å²) in [5.74, 6) is 0.553. The van der Waals surface area contributed by atoms with E-state index in [9.17, 15) is 9.90 Å². The summed E-state index contributed by atoms with van der Waals surface area (Å²) in [6, 6.07) is 1.54. The Labute approximate surface area is 119 Å². The number of hydrogen-bond acceptors (Lipinski definition) is 4. The number of anilines is 1. The molecule has 1 aromatic rings. The van der Waals surface area contributed by atoms with Gasteiger partial charge in [0, 0.05) is 25.4 Å². The molecule has 0 saturated carbocycles. The molecule has 1 aliphatic heterocycles. The van der Waals surface area contributed by atoms with E-state index in [1.165, 1.54) is 0 Å². The maximum atomic E-state index is 12.1. The zero-order valence-corrected chi connectivity index (χ0v) is 12.1. The van der Waals surface area contributed by atoms with E-state index >= 15 is 0 Å². The van der Waals surface area contributed by atoms with Gasteiger partial charge in [-0.25, -0.2) is 4.79 Å². The van der Waals surface area contributed by atoms with Gasteiger partial charge in [-0.05, 0) is 26.9 Å². The molecule has 20 heavy (non-hydrogen) atoms. The predicted octanol–water partition coefficient (Wildman–Crippen LogP) is 0.433. The lowest BCUT2D eigenvalue weighted by molar-refractivity contribution is 0.166. The second-order valence-electron chi connectivity index (χ2n) is 5.37. The minimum atomic E-state index is -0.181. The van der Waals surface area contributed by atoms with Gasteiger partial charge in [-0.15, -0.1) is 0 Å². The van der Waals surface area contributed by atoms with Gasteiger partial charge in [-0.2, -0.15) is 5.10 Å². The highest BCUT2D eigenvalue weighted by atomic mass is 16.3. The Bertz CT molecular complexity index is 446. The van der Waals surface area contributed by atoms with Crippen LogP contribution in [-0.4, -0.2) is 70.6 Å². The van der Waals surface area contributed by atoms with Gasteiger partial charge in [-0.1, -0.05) is 0 Å². The minimum absolute atomic E-state index is 0.0185. The first-order valence-corrected chi connectivity index (χ1v) is 6.97. The van der Waals surface area contributed by atoms with Crippen LogP contribution in [-0.2, 0) is 6.54 Å². The van der Waals surface area contributed by atoms with E-state index in [1.54, 1.807) is 11.0 Å². The molecule has 0 aromatic carbocycles. The summed E-state index contributed by atoms with van der Waals surface area (Å²) in [6.45, 7) is 2.39. The van der Waals surface area contributed by atoms with Gasteiger partial charge in [0.2, 0.25) is 0 Å². The summed E-state index contributed by atoms with van der Waals surface area (Å²) in [5, 5.41) is 16.3. The predicted molar refractivity (Wildman–Crippen MR) is 76.6 cm³/mol. The Balaban J connectivity index is 1.88. The summed E-state index contributed by atoms with van der Waals surface area (Å²) in [4.78, 5) is 15.9. The fraction of sp³-hybridized carbons (Fsp3) is 0.692. The van der Waals surface area contributed by atoms with E-state index in [1.807, 2.05) is 25.0 Å². The fourth-order valence-corrected chi connectivity index (χ4v) is 2.33. The number of carbonyl (C=O) groups excluding carboxylic acids is 1. The average molecular weight is 281 g/mol. The summed E-state index contributed by atoms with van der Waals surface area (Å²) in [5.41, 5.74) is 0. The van der Waals surface area contributed by atoms with Crippen molar-refractivity contribution in [3.63, 3.8) is 0 Å². The maximum absolute atomic E-state index is 12.1. The second kappa shape index (κ2) is 6.71. The van der Waals surface area contributed by atoms with E-state index < -0.39 is 0 Å². The Kier molecular flexibility index (Phi) is 4.97. The average Bonchev–Trinajstić information content (AvgIpc) is 3.04. The van der Waals surface area contributed by atoms with E-state index in [4.69, 9.17) is 0 Å². The summed E-state index contributed by atoms with van der Waals surface area (Å²) < 4.78 is 1.81. The number of nitrogens with zero attached hydrogens (tertiary/aromatic N) is 4. The zero-order chi connectivity index (χ0) is 14.5. The van der Waals surface area contributed by atoms with Gasteiger partial charge >= 0.3 is 6.03 Å². The van der Waals surface area contributed by atoms with Crippen molar-refractivity contribution >= 4 is 11.8 Å². The summed E-state index contributed by atoms with van der Waals surface area (Å²) in [6.07, 6.45) is 3.66. The van der Waals surface area contributed by atoms with Gasteiger partial charge in [0.05, 0.1) is 19.2 Å². The topological polar surface area (TPSA) is 73.6 Å². The zero-order valence-electron chi connectivity index (χ0n) is 12.1. The molecule has 2 heterocycles. The maximum Gasteiger partial charge on any atom is 0.323 e. The van der Waals surface area contributed by atoms with Crippen molar-refractivity contribution in [3.8, 4) is 0 Å². The number of amides is 2. The Hall–Kier alpha value is -1.60. The van der Waals surface area contributed by atoms with Crippen molar-refractivity contribution in [2.75, 3.05) is 39.1 Å².